The second-order valence-electron chi connectivity index (χ2n) is 4.10. The van der Waals surface area contributed by atoms with Crippen LogP contribution in [0.2, 0.25) is 0 Å². The molecule has 0 bridgehead atoms. The van der Waals surface area contributed by atoms with Crippen LogP contribution in [0.5, 0.6) is 0 Å². The Morgan fingerprint density at radius 3 is 2.57 bits per heavy atom. The third-order valence-electron chi connectivity index (χ3n) is 2.76. The van der Waals surface area contributed by atoms with Gasteiger partial charge in [0.1, 0.15) is 0 Å². The first-order valence-corrected chi connectivity index (χ1v) is 5.75. The average Bonchev–Trinajstić information content (AvgIpc) is 2.16. The minimum absolute atomic E-state index is 0.000504. The van der Waals surface area contributed by atoms with Crippen LogP contribution < -0.4 is 5.32 Å². The lowest BCUT2D eigenvalue weighted by atomic mass is 9.87. The Morgan fingerprint density at radius 2 is 2.07 bits per heavy atom. The van der Waals surface area contributed by atoms with Crippen molar-refractivity contribution in [3.8, 4) is 0 Å². The first kappa shape index (κ1) is 11.9. The third-order valence-corrected chi connectivity index (χ3v) is 3.00. The van der Waals surface area contributed by atoms with Gasteiger partial charge in [-0.25, -0.2) is 0 Å². The van der Waals surface area contributed by atoms with Crippen molar-refractivity contribution in [3.63, 3.8) is 0 Å². The van der Waals surface area contributed by atoms with Crippen molar-refractivity contribution in [2.75, 3.05) is 6.54 Å². The number of thiol groups is 1. The van der Waals surface area contributed by atoms with Crippen LogP contribution in [0.15, 0.2) is 0 Å². The fourth-order valence-electron chi connectivity index (χ4n) is 1.74. The molecule has 1 saturated carbocycles. The van der Waals surface area contributed by atoms with Gasteiger partial charge < -0.3 is 10.4 Å². The quantitative estimate of drug-likeness (QED) is 0.617. The number of rotatable bonds is 3. The summed E-state index contributed by atoms with van der Waals surface area (Å²) in [5, 5.41) is 11.9. The van der Waals surface area contributed by atoms with E-state index < -0.39 is 0 Å². The minimum atomic E-state index is -0.232. The Bertz CT molecular complexity index is 189. The van der Waals surface area contributed by atoms with E-state index in [1.807, 2.05) is 0 Å². The molecule has 3 nitrogen and oxygen atoms in total. The molecule has 14 heavy (non-hydrogen) atoms. The smallest absolute Gasteiger partial charge is 0.232 e. The first-order valence-electron chi connectivity index (χ1n) is 5.23. The molecule has 4 heteroatoms. The van der Waals surface area contributed by atoms with Gasteiger partial charge in [0.05, 0.1) is 11.4 Å². The van der Waals surface area contributed by atoms with Gasteiger partial charge in [-0.05, 0) is 38.5 Å². The highest BCUT2D eigenvalue weighted by Gasteiger charge is 2.20. The Labute approximate surface area is 90.7 Å². The predicted molar refractivity (Wildman–Crippen MR) is 59.4 cm³/mol. The van der Waals surface area contributed by atoms with Gasteiger partial charge in [-0.2, -0.15) is 12.6 Å². The number of hydrogen-bond acceptors (Lipinski definition) is 3. The van der Waals surface area contributed by atoms with Crippen molar-refractivity contribution in [2.45, 2.75) is 44.0 Å². The van der Waals surface area contributed by atoms with E-state index in [2.05, 4.69) is 17.9 Å². The van der Waals surface area contributed by atoms with Crippen molar-refractivity contribution >= 4 is 18.5 Å². The molecule has 0 aromatic carbocycles. The number of carbonyl (C=O) groups excluding carboxylic acids is 1. The minimum Gasteiger partial charge on any atom is -0.393 e. The van der Waals surface area contributed by atoms with Gasteiger partial charge in [0, 0.05) is 6.54 Å². The lowest BCUT2D eigenvalue weighted by Gasteiger charge is -2.25. The normalized spacial score (nSPS) is 29.6. The monoisotopic (exact) mass is 217 g/mol. The largest absolute Gasteiger partial charge is 0.393 e. The van der Waals surface area contributed by atoms with Crippen LogP contribution in [0.3, 0.4) is 0 Å². The van der Waals surface area contributed by atoms with E-state index in [9.17, 15) is 9.90 Å². The summed E-state index contributed by atoms with van der Waals surface area (Å²) in [5.74, 6) is 0.536. The van der Waals surface area contributed by atoms with Crippen LogP contribution in [-0.2, 0) is 4.79 Å². The molecule has 1 fully saturated rings. The molecule has 0 saturated heterocycles. The fourth-order valence-corrected chi connectivity index (χ4v) is 1.83. The van der Waals surface area contributed by atoms with Gasteiger partial charge in [-0.15, -0.1) is 0 Å². The molecule has 1 amide bonds. The maximum atomic E-state index is 11.2. The summed E-state index contributed by atoms with van der Waals surface area (Å²) in [7, 11) is 0. The summed E-state index contributed by atoms with van der Waals surface area (Å²) in [5.41, 5.74) is 0. The molecule has 1 aliphatic carbocycles. The highest BCUT2D eigenvalue weighted by atomic mass is 32.1. The topological polar surface area (TPSA) is 49.3 Å². The van der Waals surface area contributed by atoms with E-state index in [1.165, 1.54) is 0 Å². The number of carbonyl (C=O) groups is 1. The molecule has 0 aromatic rings. The number of aliphatic hydroxyl groups is 1. The highest BCUT2D eigenvalue weighted by Crippen LogP contribution is 2.23. The molecule has 0 aromatic heterocycles. The second kappa shape index (κ2) is 5.61. The van der Waals surface area contributed by atoms with Crippen LogP contribution in [0.25, 0.3) is 0 Å². The SMILES string of the molecule is CC(S)C(=O)NCC1CCC(O)CC1. The van der Waals surface area contributed by atoms with Crippen LogP contribution in [-0.4, -0.2) is 28.9 Å². The molecule has 1 rings (SSSR count). The highest BCUT2D eigenvalue weighted by molar-refractivity contribution is 7.81. The van der Waals surface area contributed by atoms with Gasteiger partial charge in [-0.3, -0.25) is 4.79 Å². The molecule has 0 radical (unpaired) electrons. The van der Waals surface area contributed by atoms with Crippen molar-refractivity contribution in [3.05, 3.63) is 0 Å². The van der Waals surface area contributed by atoms with E-state index in [0.29, 0.717) is 5.92 Å². The fraction of sp³-hybridized carbons (Fsp3) is 0.900. The predicted octanol–water partition coefficient (Wildman–Crippen LogP) is 0.972. The van der Waals surface area contributed by atoms with Gasteiger partial charge in [0.25, 0.3) is 0 Å². The van der Waals surface area contributed by atoms with E-state index in [0.717, 1.165) is 32.2 Å². The van der Waals surface area contributed by atoms with E-state index in [1.54, 1.807) is 6.92 Å². The van der Waals surface area contributed by atoms with E-state index in [4.69, 9.17) is 0 Å². The summed E-state index contributed by atoms with van der Waals surface area (Å²) in [6, 6.07) is 0. The number of amides is 1. The second-order valence-corrected chi connectivity index (χ2v) is 4.87. The lowest BCUT2D eigenvalue weighted by Crippen LogP contribution is -2.35. The van der Waals surface area contributed by atoms with Crippen LogP contribution in [0, 0.1) is 5.92 Å². The molecule has 0 heterocycles. The average molecular weight is 217 g/mol. The van der Waals surface area contributed by atoms with Crippen LogP contribution in [0.4, 0.5) is 0 Å². The van der Waals surface area contributed by atoms with Crippen molar-refractivity contribution in [1.82, 2.24) is 5.32 Å². The molecular formula is C10H19NO2S. The zero-order valence-corrected chi connectivity index (χ0v) is 9.46. The van der Waals surface area contributed by atoms with Gasteiger partial charge in [-0.1, -0.05) is 0 Å². The molecule has 1 atom stereocenters. The van der Waals surface area contributed by atoms with Crippen LogP contribution >= 0.6 is 12.6 Å². The molecule has 82 valence electrons. The Kier molecular flexibility index (Phi) is 4.75. The Hall–Kier alpha value is -0.220. The van der Waals surface area contributed by atoms with Crippen LogP contribution in [0.1, 0.15) is 32.6 Å². The summed E-state index contributed by atoms with van der Waals surface area (Å²) in [4.78, 5) is 11.2. The Morgan fingerprint density at radius 1 is 1.50 bits per heavy atom. The standard InChI is InChI=1S/C10H19NO2S/c1-7(14)10(13)11-6-8-2-4-9(12)5-3-8/h7-9,12,14H,2-6H2,1H3,(H,11,13). The third kappa shape index (κ3) is 3.88. The number of aliphatic hydroxyl groups excluding tert-OH is 1. The zero-order valence-electron chi connectivity index (χ0n) is 8.57. The maximum Gasteiger partial charge on any atom is 0.232 e. The summed E-state index contributed by atoms with van der Waals surface area (Å²) in [6.45, 7) is 2.50. The molecule has 0 spiro atoms. The molecule has 2 N–H and O–H groups in total. The van der Waals surface area contributed by atoms with Gasteiger partial charge in [0.15, 0.2) is 0 Å². The van der Waals surface area contributed by atoms with Gasteiger partial charge >= 0.3 is 0 Å². The summed E-state index contributed by atoms with van der Waals surface area (Å²) >= 11 is 4.05. The Balaban J connectivity index is 2.16. The number of nitrogens with one attached hydrogen (secondary N) is 1. The molecule has 1 aliphatic rings. The molecular weight excluding hydrogens is 198 g/mol. The van der Waals surface area contributed by atoms with Crippen molar-refractivity contribution in [2.24, 2.45) is 5.92 Å². The van der Waals surface area contributed by atoms with Gasteiger partial charge in [0.2, 0.25) is 5.91 Å². The van der Waals surface area contributed by atoms with E-state index in [-0.39, 0.29) is 17.3 Å². The summed E-state index contributed by atoms with van der Waals surface area (Å²) in [6.07, 6.45) is 3.66. The number of hydrogen-bond donors (Lipinski definition) is 3. The zero-order chi connectivity index (χ0) is 10.6. The molecule has 0 aliphatic heterocycles. The molecule has 1 unspecified atom stereocenters. The van der Waals surface area contributed by atoms with Crippen molar-refractivity contribution < 1.29 is 9.90 Å². The lowest BCUT2D eigenvalue weighted by molar-refractivity contribution is -0.120. The summed E-state index contributed by atoms with van der Waals surface area (Å²) < 4.78 is 0. The maximum absolute atomic E-state index is 11.2. The first-order chi connectivity index (χ1) is 6.59. The van der Waals surface area contributed by atoms with Crippen molar-refractivity contribution in [1.29, 1.82) is 0 Å². The van der Waals surface area contributed by atoms with E-state index >= 15 is 0 Å².